The van der Waals surface area contributed by atoms with Gasteiger partial charge in [-0.3, -0.25) is 4.79 Å². The number of benzene rings is 2. The lowest BCUT2D eigenvalue weighted by atomic mass is 10.1. The third-order valence-electron chi connectivity index (χ3n) is 3.53. The summed E-state index contributed by atoms with van der Waals surface area (Å²) in [6, 6.07) is 17.6. The molecule has 0 aromatic heterocycles. The average Bonchev–Trinajstić information content (AvgIpc) is 2.76. The van der Waals surface area contributed by atoms with E-state index >= 15 is 0 Å². The van der Waals surface area contributed by atoms with Gasteiger partial charge in [0.25, 0.3) is 0 Å². The maximum atomic E-state index is 12.1. The van der Waals surface area contributed by atoms with E-state index in [0.29, 0.717) is 13.0 Å². The second kappa shape index (κ2) is 4.86. The minimum Gasteiger partial charge on any atom is -0.322 e. The fraction of sp³-hybridized carbons (Fsp3) is 0.188. The molecule has 96 valence electrons. The molecule has 2 aromatic carbocycles. The van der Waals surface area contributed by atoms with Crippen LogP contribution in [-0.2, 0) is 11.2 Å². The Morgan fingerprint density at radius 2 is 1.74 bits per heavy atom. The predicted molar refractivity (Wildman–Crippen MR) is 75.9 cm³/mol. The van der Waals surface area contributed by atoms with Crippen molar-refractivity contribution < 1.29 is 4.79 Å². The van der Waals surface area contributed by atoms with Crippen LogP contribution >= 0.6 is 0 Å². The van der Waals surface area contributed by atoms with E-state index < -0.39 is 0 Å². The van der Waals surface area contributed by atoms with Gasteiger partial charge in [-0.25, -0.2) is 0 Å². The van der Waals surface area contributed by atoms with Crippen LogP contribution in [0.3, 0.4) is 0 Å². The number of hydrogen-bond acceptors (Lipinski definition) is 2. The minimum absolute atomic E-state index is 0.132. The molecule has 19 heavy (non-hydrogen) atoms. The third kappa shape index (κ3) is 2.25. The highest BCUT2D eigenvalue weighted by Crippen LogP contribution is 2.29. The molecule has 0 bridgehead atoms. The van der Waals surface area contributed by atoms with E-state index in [1.165, 1.54) is 0 Å². The van der Waals surface area contributed by atoms with Crippen LogP contribution in [0.1, 0.15) is 17.2 Å². The zero-order valence-electron chi connectivity index (χ0n) is 10.6. The Labute approximate surface area is 112 Å². The first kappa shape index (κ1) is 11.9. The van der Waals surface area contributed by atoms with Crippen molar-refractivity contribution in [3.63, 3.8) is 0 Å². The Kier molecular flexibility index (Phi) is 3.05. The van der Waals surface area contributed by atoms with Gasteiger partial charge in [-0.15, -0.1) is 0 Å². The largest absolute Gasteiger partial charge is 0.322 e. The Morgan fingerprint density at radius 3 is 2.53 bits per heavy atom. The monoisotopic (exact) mass is 252 g/mol. The summed E-state index contributed by atoms with van der Waals surface area (Å²) in [5.74, 6) is 0.132. The molecule has 0 saturated carbocycles. The lowest BCUT2D eigenvalue weighted by Crippen LogP contribution is -2.34. The smallest absolute Gasteiger partial charge is 0.231 e. The van der Waals surface area contributed by atoms with Gasteiger partial charge in [-0.2, -0.15) is 0 Å². The first-order valence-electron chi connectivity index (χ1n) is 6.44. The van der Waals surface area contributed by atoms with E-state index in [0.717, 1.165) is 16.8 Å². The second-order valence-electron chi connectivity index (χ2n) is 4.83. The van der Waals surface area contributed by atoms with E-state index in [-0.39, 0.29) is 11.9 Å². The van der Waals surface area contributed by atoms with Gasteiger partial charge >= 0.3 is 0 Å². The van der Waals surface area contributed by atoms with E-state index in [1.54, 1.807) is 4.90 Å². The number of nitrogens with zero attached hydrogens (tertiary/aromatic N) is 1. The van der Waals surface area contributed by atoms with E-state index in [1.807, 2.05) is 54.6 Å². The number of anilines is 1. The summed E-state index contributed by atoms with van der Waals surface area (Å²) in [5.41, 5.74) is 9.35. The van der Waals surface area contributed by atoms with E-state index in [9.17, 15) is 4.79 Å². The summed E-state index contributed by atoms with van der Waals surface area (Å²) in [7, 11) is 0. The van der Waals surface area contributed by atoms with Gasteiger partial charge in [0, 0.05) is 18.3 Å². The highest BCUT2D eigenvalue weighted by atomic mass is 16.2. The minimum atomic E-state index is -0.156. The molecule has 2 aromatic rings. The van der Waals surface area contributed by atoms with Crippen LogP contribution < -0.4 is 10.6 Å². The Balaban J connectivity index is 1.82. The van der Waals surface area contributed by atoms with Gasteiger partial charge in [0.15, 0.2) is 0 Å². The number of carbonyl (C=O) groups is 1. The van der Waals surface area contributed by atoms with Gasteiger partial charge < -0.3 is 10.6 Å². The zero-order valence-corrected chi connectivity index (χ0v) is 10.6. The quantitative estimate of drug-likeness (QED) is 0.911. The summed E-state index contributed by atoms with van der Waals surface area (Å²) in [5, 5.41) is 0. The lowest BCUT2D eigenvalue weighted by molar-refractivity contribution is -0.117. The van der Waals surface area contributed by atoms with Crippen LogP contribution in [0.25, 0.3) is 0 Å². The number of carbonyl (C=O) groups excluding carboxylic acids is 1. The van der Waals surface area contributed by atoms with Crippen molar-refractivity contribution in [2.75, 3.05) is 11.4 Å². The summed E-state index contributed by atoms with van der Waals surface area (Å²) >= 11 is 0. The van der Waals surface area contributed by atoms with Crippen molar-refractivity contribution in [3.05, 3.63) is 65.7 Å². The van der Waals surface area contributed by atoms with Gasteiger partial charge in [0.2, 0.25) is 5.91 Å². The fourth-order valence-corrected chi connectivity index (χ4v) is 2.52. The van der Waals surface area contributed by atoms with Crippen molar-refractivity contribution in [2.24, 2.45) is 5.73 Å². The number of nitrogens with two attached hydrogens (primary N) is 1. The average molecular weight is 252 g/mol. The molecule has 3 rings (SSSR count). The summed E-state index contributed by atoms with van der Waals surface area (Å²) < 4.78 is 0. The van der Waals surface area contributed by atoms with Crippen LogP contribution in [0, 0.1) is 0 Å². The molecule has 1 aliphatic rings. The lowest BCUT2D eigenvalue weighted by Gasteiger charge is -2.22. The first-order valence-corrected chi connectivity index (χ1v) is 6.44. The molecule has 0 radical (unpaired) electrons. The number of rotatable bonds is 3. The van der Waals surface area contributed by atoms with Crippen molar-refractivity contribution in [3.8, 4) is 0 Å². The normalized spacial score (nSPS) is 15.4. The SMILES string of the molecule is NC(CN1C(=O)Cc2ccccc21)c1ccccc1. The van der Waals surface area contributed by atoms with Crippen molar-refractivity contribution in [2.45, 2.75) is 12.5 Å². The zero-order chi connectivity index (χ0) is 13.2. The maximum absolute atomic E-state index is 12.1. The van der Waals surface area contributed by atoms with Gasteiger partial charge in [0.05, 0.1) is 6.42 Å². The molecule has 0 aliphatic carbocycles. The number of para-hydroxylation sites is 1. The highest BCUT2D eigenvalue weighted by molar-refractivity contribution is 6.01. The van der Waals surface area contributed by atoms with Crippen molar-refractivity contribution >= 4 is 11.6 Å². The molecule has 3 nitrogen and oxygen atoms in total. The number of fused-ring (bicyclic) bond motifs is 1. The molecule has 1 amide bonds. The summed E-state index contributed by atoms with van der Waals surface area (Å²) in [4.78, 5) is 13.9. The Hall–Kier alpha value is -2.13. The van der Waals surface area contributed by atoms with Crippen LogP contribution in [0.2, 0.25) is 0 Å². The summed E-state index contributed by atoms with van der Waals surface area (Å²) in [6.45, 7) is 0.528. The number of amides is 1. The second-order valence-corrected chi connectivity index (χ2v) is 4.83. The molecular formula is C16H16N2O. The van der Waals surface area contributed by atoms with E-state index in [2.05, 4.69) is 0 Å². The topological polar surface area (TPSA) is 46.3 Å². The molecule has 0 saturated heterocycles. The molecule has 2 N–H and O–H groups in total. The molecule has 0 fully saturated rings. The Morgan fingerprint density at radius 1 is 1.05 bits per heavy atom. The maximum Gasteiger partial charge on any atom is 0.231 e. The molecule has 0 spiro atoms. The molecule has 1 aliphatic heterocycles. The molecule has 1 atom stereocenters. The van der Waals surface area contributed by atoms with Crippen LogP contribution in [-0.4, -0.2) is 12.5 Å². The summed E-state index contributed by atoms with van der Waals surface area (Å²) in [6.07, 6.45) is 0.484. The Bertz CT molecular complexity index is 595. The van der Waals surface area contributed by atoms with Gasteiger partial charge in [-0.05, 0) is 17.2 Å². The first-order chi connectivity index (χ1) is 9.25. The van der Waals surface area contributed by atoms with Crippen molar-refractivity contribution in [1.82, 2.24) is 0 Å². The molecule has 1 unspecified atom stereocenters. The highest BCUT2D eigenvalue weighted by Gasteiger charge is 2.28. The molecule has 3 heteroatoms. The molecular weight excluding hydrogens is 236 g/mol. The predicted octanol–water partition coefficient (Wildman–Crippen LogP) is 2.28. The van der Waals surface area contributed by atoms with Gasteiger partial charge in [-0.1, -0.05) is 48.5 Å². The third-order valence-corrected chi connectivity index (χ3v) is 3.53. The number of hydrogen-bond donors (Lipinski definition) is 1. The standard InChI is InChI=1S/C16H16N2O/c17-14(12-6-2-1-3-7-12)11-18-15-9-5-4-8-13(15)10-16(18)19/h1-9,14H,10-11,17H2. The fourth-order valence-electron chi connectivity index (χ4n) is 2.52. The van der Waals surface area contributed by atoms with Crippen LogP contribution in [0.5, 0.6) is 0 Å². The van der Waals surface area contributed by atoms with Crippen LogP contribution in [0.15, 0.2) is 54.6 Å². The van der Waals surface area contributed by atoms with Gasteiger partial charge in [0.1, 0.15) is 0 Å². The molecule has 1 heterocycles. The van der Waals surface area contributed by atoms with E-state index in [4.69, 9.17) is 5.73 Å². The van der Waals surface area contributed by atoms with Crippen LogP contribution in [0.4, 0.5) is 5.69 Å². The van der Waals surface area contributed by atoms with Crippen molar-refractivity contribution in [1.29, 1.82) is 0 Å².